The van der Waals surface area contributed by atoms with E-state index in [1.807, 2.05) is 42.5 Å². The molecule has 43 heavy (non-hydrogen) atoms. The number of halogens is 2. The molecule has 0 amide bonds. The predicted molar refractivity (Wildman–Crippen MR) is 162 cm³/mol. The number of benzene rings is 4. The van der Waals surface area contributed by atoms with Crippen LogP contribution in [0, 0.1) is 11.6 Å². The van der Waals surface area contributed by atoms with Gasteiger partial charge < -0.3 is 14.6 Å². The fourth-order valence-electron chi connectivity index (χ4n) is 5.85. The zero-order valence-electron chi connectivity index (χ0n) is 23.7. The molecule has 1 aromatic heterocycles. The Morgan fingerprint density at radius 1 is 0.884 bits per heavy atom. The summed E-state index contributed by atoms with van der Waals surface area (Å²) in [6.45, 7) is 0. The second kappa shape index (κ2) is 12.3. The van der Waals surface area contributed by atoms with Gasteiger partial charge in [0.2, 0.25) is 5.88 Å². The number of carbonyl (C=O) groups excluding carboxylic acids is 1. The molecular weight excluding hydrogens is 548 g/mol. The Labute approximate surface area is 248 Å². The van der Waals surface area contributed by atoms with Crippen molar-refractivity contribution in [3.8, 4) is 28.3 Å². The van der Waals surface area contributed by atoms with E-state index in [-0.39, 0.29) is 18.4 Å². The van der Waals surface area contributed by atoms with Gasteiger partial charge in [-0.25, -0.2) is 13.8 Å². The number of aromatic nitrogens is 1. The summed E-state index contributed by atoms with van der Waals surface area (Å²) < 4.78 is 39.8. The van der Waals surface area contributed by atoms with Gasteiger partial charge >= 0.3 is 5.97 Å². The van der Waals surface area contributed by atoms with Gasteiger partial charge in [0.25, 0.3) is 0 Å². The molecule has 0 spiro atoms. The van der Waals surface area contributed by atoms with Crippen LogP contribution in [0.4, 0.5) is 8.78 Å². The lowest BCUT2D eigenvalue weighted by atomic mass is 9.86. The van der Waals surface area contributed by atoms with Gasteiger partial charge in [-0.15, -0.1) is 0 Å². The zero-order chi connectivity index (χ0) is 29.9. The minimum Gasteiger partial charge on any atom is -0.474 e. The normalized spacial score (nSPS) is 14.1. The van der Waals surface area contributed by atoms with E-state index in [0.29, 0.717) is 39.1 Å². The van der Waals surface area contributed by atoms with Crippen LogP contribution in [0.2, 0.25) is 0 Å². The highest BCUT2D eigenvalue weighted by molar-refractivity contribution is 5.87. The van der Waals surface area contributed by atoms with Gasteiger partial charge in [0.15, 0.2) is 0 Å². The number of nitrogens with zero attached hydrogens (tertiary/aromatic N) is 1. The van der Waals surface area contributed by atoms with Crippen molar-refractivity contribution < 1.29 is 28.2 Å². The monoisotopic (exact) mass is 579 g/mol. The van der Waals surface area contributed by atoms with Gasteiger partial charge in [0.1, 0.15) is 23.8 Å². The Balaban J connectivity index is 1.67. The zero-order valence-corrected chi connectivity index (χ0v) is 23.7. The Bertz CT molecular complexity index is 1760. The Kier molecular flexibility index (Phi) is 8.16. The first-order chi connectivity index (χ1) is 20.9. The summed E-state index contributed by atoms with van der Waals surface area (Å²) in [4.78, 5) is 17.8. The summed E-state index contributed by atoms with van der Waals surface area (Å²) in [5, 5.41) is 14.1. The van der Waals surface area contributed by atoms with Gasteiger partial charge in [-0.3, -0.25) is 4.79 Å². The van der Waals surface area contributed by atoms with E-state index in [9.17, 15) is 18.7 Å². The highest BCUT2D eigenvalue weighted by atomic mass is 19.1. The minimum atomic E-state index is -1.20. The van der Waals surface area contributed by atoms with Crippen LogP contribution in [0.5, 0.6) is 5.88 Å². The number of aliphatic hydroxyl groups excluding tert-OH is 1. The number of fused-ring (bicyclic) bond motifs is 1. The first kappa shape index (κ1) is 28.5. The molecule has 0 aliphatic heterocycles. The van der Waals surface area contributed by atoms with Gasteiger partial charge in [-0.1, -0.05) is 48.5 Å². The van der Waals surface area contributed by atoms with E-state index in [1.165, 1.54) is 31.4 Å². The highest BCUT2D eigenvalue weighted by Gasteiger charge is 2.31. The number of hydrogen-bond donors (Lipinski definition) is 1. The minimum absolute atomic E-state index is 0.108. The van der Waals surface area contributed by atoms with Crippen molar-refractivity contribution in [3.05, 3.63) is 119 Å². The van der Waals surface area contributed by atoms with Gasteiger partial charge in [-0.2, -0.15) is 0 Å². The Morgan fingerprint density at radius 3 is 2.16 bits per heavy atom. The molecule has 0 radical (unpaired) electrons. The molecule has 6 rings (SSSR count). The van der Waals surface area contributed by atoms with Gasteiger partial charge in [0, 0.05) is 5.56 Å². The van der Waals surface area contributed by atoms with Crippen LogP contribution in [0.1, 0.15) is 48.5 Å². The largest absolute Gasteiger partial charge is 0.474 e. The number of methoxy groups -OCH3 is 1. The molecule has 1 saturated carbocycles. The predicted octanol–water partition coefficient (Wildman–Crippen LogP) is 7.97. The van der Waals surface area contributed by atoms with Crippen LogP contribution < -0.4 is 4.74 Å². The highest BCUT2D eigenvalue weighted by Crippen LogP contribution is 2.45. The Hall–Kier alpha value is -4.62. The van der Waals surface area contributed by atoms with E-state index in [2.05, 4.69) is 0 Å². The fourth-order valence-corrected chi connectivity index (χ4v) is 5.85. The number of pyridine rings is 1. The number of esters is 1. The van der Waals surface area contributed by atoms with Crippen molar-refractivity contribution in [3.63, 3.8) is 0 Å². The summed E-state index contributed by atoms with van der Waals surface area (Å²) in [6, 6.07) is 25.3. The standard InChI is InChI=1S/C36H31F2NO4/c1-42-31(40)21-30-32(23-12-16-27(37)17-13-23)33(35(41)26-11-10-22-6-2-3-7-25(22)20-26)36(43-29-8-4-5-9-29)39-34(30)24-14-18-28(38)19-15-24/h2-3,6-7,10-20,29,35,41H,4-5,8-9,21H2,1H3. The fraction of sp³-hybridized carbons (Fsp3) is 0.222. The first-order valence-electron chi connectivity index (χ1n) is 14.4. The average Bonchev–Trinajstić information content (AvgIpc) is 3.55. The van der Waals surface area contributed by atoms with Crippen LogP contribution in [0.3, 0.4) is 0 Å². The number of carbonyl (C=O) groups is 1. The molecule has 4 aromatic carbocycles. The molecule has 5 aromatic rings. The number of aliphatic hydroxyl groups is 1. The maximum absolute atomic E-state index is 14.2. The lowest BCUT2D eigenvalue weighted by molar-refractivity contribution is -0.139. The summed E-state index contributed by atoms with van der Waals surface area (Å²) in [5.41, 5.74) is 3.46. The molecular formula is C36H31F2NO4. The quantitative estimate of drug-likeness (QED) is 0.189. The molecule has 218 valence electrons. The van der Waals surface area contributed by atoms with E-state index in [4.69, 9.17) is 14.5 Å². The van der Waals surface area contributed by atoms with Crippen LogP contribution in [-0.2, 0) is 16.0 Å². The topological polar surface area (TPSA) is 68.7 Å². The van der Waals surface area contributed by atoms with E-state index in [1.54, 1.807) is 24.3 Å². The molecule has 1 N–H and O–H groups in total. The summed E-state index contributed by atoms with van der Waals surface area (Å²) in [7, 11) is 1.30. The smallest absolute Gasteiger partial charge is 0.310 e. The van der Waals surface area contributed by atoms with Crippen molar-refractivity contribution in [2.75, 3.05) is 7.11 Å². The molecule has 1 atom stereocenters. The maximum atomic E-state index is 14.2. The molecule has 1 heterocycles. The number of rotatable bonds is 8. The van der Waals surface area contributed by atoms with Crippen LogP contribution in [0.15, 0.2) is 91.0 Å². The third-order valence-corrected chi connectivity index (χ3v) is 8.04. The average molecular weight is 580 g/mol. The van der Waals surface area contributed by atoms with Gasteiger partial charge in [0.05, 0.1) is 24.8 Å². The Morgan fingerprint density at radius 2 is 1.51 bits per heavy atom. The lowest BCUT2D eigenvalue weighted by Gasteiger charge is -2.26. The summed E-state index contributed by atoms with van der Waals surface area (Å²) in [5.74, 6) is -1.14. The third-order valence-electron chi connectivity index (χ3n) is 8.04. The van der Waals surface area contributed by atoms with E-state index < -0.39 is 23.7 Å². The van der Waals surface area contributed by atoms with Crippen molar-refractivity contribution in [1.82, 2.24) is 4.98 Å². The molecule has 1 fully saturated rings. The van der Waals surface area contributed by atoms with Crippen molar-refractivity contribution >= 4 is 16.7 Å². The summed E-state index contributed by atoms with van der Waals surface area (Å²) >= 11 is 0. The first-order valence-corrected chi connectivity index (χ1v) is 14.4. The van der Waals surface area contributed by atoms with E-state index in [0.717, 1.165) is 36.5 Å². The molecule has 5 nitrogen and oxygen atoms in total. The number of ether oxygens (including phenoxy) is 2. The van der Waals surface area contributed by atoms with Crippen LogP contribution >= 0.6 is 0 Å². The SMILES string of the molecule is COC(=O)Cc1c(-c2ccc(F)cc2)nc(OC2CCCC2)c(C(O)c2ccc3ccccc3c2)c1-c1ccc(F)cc1. The number of hydrogen-bond acceptors (Lipinski definition) is 5. The molecule has 7 heteroatoms. The second-order valence-electron chi connectivity index (χ2n) is 10.8. The molecule has 0 saturated heterocycles. The van der Waals surface area contributed by atoms with Crippen molar-refractivity contribution in [2.24, 2.45) is 0 Å². The molecule has 1 unspecified atom stereocenters. The van der Waals surface area contributed by atoms with Crippen molar-refractivity contribution in [2.45, 2.75) is 44.3 Å². The molecule has 1 aliphatic carbocycles. The van der Waals surface area contributed by atoms with Gasteiger partial charge in [-0.05, 0) is 101 Å². The van der Waals surface area contributed by atoms with Crippen LogP contribution in [-0.4, -0.2) is 29.3 Å². The molecule has 1 aliphatic rings. The van der Waals surface area contributed by atoms with E-state index >= 15 is 0 Å². The van der Waals surface area contributed by atoms with Crippen molar-refractivity contribution in [1.29, 1.82) is 0 Å². The van der Waals surface area contributed by atoms with Crippen LogP contribution in [0.25, 0.3) is 33.2 Å². The maximum Gasteiger partial charge on any atom is 0.310 e. The third kappa shape index (κ3) is 5.99. The summed E-state index contributed by atoms with van der Waals surface area (Å²) in [6.07, 6.45) is 2.22. The lowest BCUT2D eigenvalue weighted by Crippen LogP contribution is -2.18. The molecule has 0 bridgehead atoms. The second-order valence-corrected chi connectivity index (χ2v) is 10.8.